The van der Waals surface area contributed by atoms with E-state index in [1.54, 1.807) is 0 Å². The van der Waals surface area contributed by atoms with Crippen molar-refractivity contribution >= 4 is 39.1 Å². The van der Waals surface area contributed by atoms with Gasteiger partial charge >= 0.3 is 0 Å². The number of rotatable bonds is 2. The van der Waals surface area contributed by atoms with Crippen LogP contribution in [0.1, 0.15) is 43.2 Å². The van der Waals surface area contributed by atoms with Crippen molar-refractivity contribution in [1.29, 1.82) is 0 Å². The number of benzene rings is 2. The minimum absolute atomic E-state index is 0.160. The third-order valence-electron chi connectivity index (χ3n) is 5.51. The van der Waals surface area contributed by atoms with E-state index in [0.29, 0.717) is 6.54 Å². The third kappa shape index (κ3) is 3.50. The van der Waals surface area contributed by atoms with Crippen LogP contribution in [0.5, 0.6) is 0 Å². The summed E-state index contributed by atoms with van der Waals surface area (Å²) < 4.78 is 1.20. The number of hydrogen-bond acceptors (Lipinski definition) is 1. The Morgan fingerprint density at radius 3 is 2.68 bits per heavy atom. The highest BCUT2D eigenvalue weighted by molar-refractivity contribution is 9.10. The molecule has 1 heterocycles. The lowest BCUT2D eigenvalue weighted by atomic mass is 9.67. The Morgan fingerprint density at radius 2 is 1.88 bits per heavy atom. The van der Waals surface area contributed by atoms with Gasteiger partial charge in [-0.2, -0.15) is 0 Å². The molecule has 0 radical (unpaired) electrons. The van der Waals surface area contributed by atoms with Gasteiger partial charge in [-0.1, -0.05) is 65.0 Å². The van der Waals surface area contributed by atoms with Crippen LogP contribution in [0, 0.1) is 5.41 Å². The average Bonchev–Trinajstić information content (AvgIpc) is 2.62. The van der Waals surface area contributed by atoms with Crippen molar-refractivity contribution in [3.05, 3.63) is 63.1 Å². The summed E-state index contributed by atoms with van der Waals surface area (Å²) in [5, 5.41) is 4.44. The summed E-state index contributed by atoms with van der Waals surface area (Å²) in [7, 11) is 0. The summed E-state index contributed by atoms with van der Waals surface area (Å²) in [5.41, 5.74) is 3.91. The molecule has 1 fully saturated rings. The predicted molar refractivity (Wildman–Crippen MR) is 110 cm³/mol. The Kier molecular flexibility index (Phi) is 4.88. The second-order valence-corrected chi connectivity index (χ2v) is 8.49. The zero-order valence-electron chi connectivity index (χ0n) is 14.2. The van der Waals surface area contributed by atoms with E-state index in [4.69, 9.17) is 16.6 Å². The van der Waals surface area contributed by atoms with E-state index < -0.39 is 0 Å². The Balaban J connectivity index is 1.69. The quantitative estimate of drug-likeness (QED) is 0.583. The average molecular weight is 418 g/mol. The number of aliphatic imine (C=N–C) groups is 1. The molecule has 0 aromatic heterocycles. The molecule has 4 heteroatoms. The molecule has 2 aromatic carbocycles. The minimum atomic E-state index is 0.160. The van der Waals surface area contributed by atoms with Gasteiger partial charge in [-0.15, -0.1) is 0 Å². The first-order valence-electron chi connectivity index (χ1n) is 9.00. The maximum absolute atomic E-state index is 6.12. The fraction of sp³-hybridized carbons (Fsp3) is 0.381. The van der Waals surface area contributed by atoms with Crippen molar-refractivity contribution in [3.8, 4) is 0 Å². The molecule has 2 nitrogen and oxygen atoms in total. The summed E-state index contributed by atoms with van der Waals surface area (Å²) in [5.74, 6) is 1.16. The van der Waals surface area contributed by atoms with Crippen LogP contribution >= 0.6 is 27.5 Å². The van der Waals surface area contributed by atoms with E-state index in [0.717, 1.165) is 22.8 Å². The monoisotopic (exact) mass is 416 g/mol. The van der Waals surface area contributed by atoms with Crippen LogP contribution in [-0.4, -0.2) is 5.84 Å². The predicted octanol–water partition coefficient (Wildman–Crippen LogP) is 6.62. The third-order valence-corrected chi connectivity index (χ3v) is 6.49. The van der Waals surface area contributed by atoms with Crippen molar-refractivity contribution in [2.75, 3.05) is 5.32 Å². The zero-order valence-corrected chi connectivity index (χ0v) is 16.5. The molecule has 0 amide bonds. The number of nitrogens with zero attached hydrogens (tertiary/aromatic N) is 1. The molecule has 25 heavy (non-hydrogen) atoms. The van der Waals surface area contributed by atoms with E-state index in [1.807, 2.05) is 18.2 Å². The number of fused-ring (bicyclic) bond motifs is 1. The summed E-state index contributed by atoms with van der Waals surface area (Å²) in [6.07, 6.45) is 7.43. The van der Waals surface area contributed by atoms with Crippen molar-refractivity contribution in [2.24, 2.45) is 10.4 Å². The van der Waals surface area contributed by atoms with E-state index >= 15 is 0 Å². The van der Waals surface area contributed by atoms with Crippen LogP contribution in [0.4, 0.5) is 5.69 Å². The van der Waals surface area contributed by atoms with E-state index in [1.165, 1.54) is 47.8 Å². The van der Waals surface area contributed by atoms with Crippen molar-refractivity contribution in [1.82, 2.24) is 0 Å². The first-order valence-corrected chi connectivity index (χ1v) is 10.2. The van der Waals surface area contributed by atoms with Gasteiger partial charge in [0.15, 0.2) is 0 Å². The molecule has 0 atom stereocenters. The van der Waals surface area contributed by atoms with Gasteiger partial charge in [0, 0.05) is 20.6 Å². The first kappa shape index (κ1) is 17.1. The highest BCUT2D eigenvalue weighted by Crippen LogP contribution is 2.46. The molecule has 1 N–H and O–H groups in total. The Morgan fingerprint density at radius 1 is 1.08 bits per heavy atom. The van der Waals surface area contributed by atoms with E-state index in [9.17, 15) is 0 Å². The topological polar surface area (TPSA) is 24.4 Å². The molecular weight excluding hydrogens is 396 g/mol. The zero-order chi connectivity index (χ0) is 17.3. The normalized spacial score (nSPS) is 20.3. The fourth-order valence-corrected chi connectivity index (χ4v) is 4.91. The molecule has 1 spiro atoms. The van der Waals surface area contributed by atoms with Crippen molar-refractivity contribution in [3.63, 3.8) is 0 Å². The first-order chi connectivity index (χ1) is 12.2. The van der Waals surface area contributed by atoms with Gasteiger partial charge in [0.1, 0.15) is 5.84 Å². The van der Waals surface area contributed by atoms with Gasteiger partial charge in [0.2, 0.25) is 0 Å². The summed E-state index contributed by atoms with van der Waals surface area (Å²) in [6, 6.07) is 14.4. The molecule has 1 saturated carbocycles. The van der Waals surface area contributed by atoms with Gasteiger partial charge in [0.25, 0.3) is 0 Å². The van der Waals surface area contributed by atoms with Crippen LogP contribution in [0.25, 0.3) is 0 Å². The van der Waals surface area contributed by atoms with Gasteiger partial charge in [-0.25, -0.2) is 0 Å². The number of hydrogen-bond donors (Lipinski definition) is 1. The lowest BCUT2D eigenvalue weighted by Gasteiger charge is -2.43. The molecule has 2 aliphatic rings. The molecule has 0 bridgehead atoms. The van der Waals surface area contributed by atoms with Gasteiger partial charge < -0.3 is 5.32 Å². The van der Waals surface area contributed by atoms with Gasteiger partial charge in [-0.05, 0) is 54.7 Å². The fourth-order valence-electron chi connectivity index (χ4n) is 4.19. The number of halogens is 2. The van der Waals surface area contributed by atoms with Crippen molar-refractivity contribution in [2.45, 2.75) is 45.1 Å². The Hall–Kier alpha value is -1.32. The summed E-state index contributed by atoms with van der Waals surface area (Å²) in [4.78, 5) is 5.03. The Labute approximate surface area is 162 Å². The molecule has 2 aromatic rings. The molecule has 1 aliphatic heterocycles. The SMILES string of the molecule is Clc1cccc(CN=C2Nc3cccc(Br)c3CC23CCCCC3)c1. The largest absolute Gasteiger partial charge is 0.343 e. The maximum Gasteiger partial charge on any atom is 0.108 e. The Bertz CT molecular complexity index is 809. The number of nitrogens with one attached hydrogen (secondary N) is 1. The smallest absolute Gasteiger partial charge is 0.108 e. The standard InChI is InChI=1S/C21H22BrClN2/c22-18-8-5-9-19-17(18)13-21(10-2-1-3-11-21)20(25-19)24-14-15-6-4-7-16(23)12-15/h4-9,12H,1-3,10-11,13-14H2,(H,24,25). The molecule has 0 saturated heterocycles. The van der Waals surface area contributed by atoms with E-state index in [2.05, 4.69) is 45.5 Å². The van der Waals surface area contributed by atoms with Crippen molar-refractivity contribution < 1.29 is 0 Å². The molecule has 130 valence electrons. The van der Waals surface area contributed by atoms with Crippen LogP contribution in [0.2, 0.25) is 5.02 Å². The second-order valence-electron chi connectivity index (χ2n) is 7.20. The molecule has 1 aliphatic carbocycles. The molecule has 4 rings (SSSR count). The molecular formula is C21H22BrClN2. The number of amidine groups is 1. The highest BCUT2D eigenvalue weighted by Gasteiger charge is 2.41. The number of anilines is 1. The second kappa shape index (κ2) is 7.13. The van der Waals surface area contributed by atoms with Crippen LogP contribution in [0.15, 0.2) is 51.9 Å². The van der Waals surface area contributed by atoms with Crippen LogP contribution < -0.4 is 5.32 Å². The lowest BCUT2D eigenvalue weighted by Crippen LogP contribution is -2.43. The van der Waals surface area contributed by atoms with E-state index in [-0.39, 0.29) is 5.41 Å². The summed E-state index contributed by atoms with van der Waals surface area (Å²) >= 11 is 9.86. The summed E-state index contributed by atoms with van der Waals surface area (Å²) in [6.45, 7) is 0.675. The minimum Gasteiger partial charge on any atom is -0.343 e. The molecule has 0 unspecified atom stereocenters. The van der Waals surface area contributed by atoms with Crippen LogP contribution in [-0.2, 0) is 13.0 Å². The maximum atomic E-state index is 6.12. The van der Waals surface area contributed by atoms with Crippen LogP contribution in [0.3, 0.4) is 0 Å². The highest BCUT2D eigenvalue weighted by atomic mass is 79.9. The van der Waals surface area contributed by atoms with Gasteiger partial charge in [-0.3, -0.25) is 4.99 Å². The van der Waals surface area contributed by atoms with Gasteiger partial charge in [0.05, 0.1) is 6.54 Å². The lowest BCUT2D eigenvalue weighted by molar-refractivity contribution is 0.278.